The molecule has 1 fully saturated rings. The first kappa shape index (κ1) is 19.2. The molecule has 3 aromatic rings. The summed E-state index contributed by atoms with van der Waals surface area (Å²) in [5.74, 6) is 1.05. The predicted molar refractivity (Wildman–Crippen MR) is 113 cm³/mol. The number of thioether (sulfide) groups is 1. The highest BCUT2D eigenvalue weighted by Crippen LogP contribution is 2.38. The minimum Gasteiger partial charge on any atom is -0.325 e. The third-order valence-corrected chi connectivity index (χ3v) is 5.35. The molecular weight excluding hydrogens is 386 g/mol. The lowest BCUT2D eigenvalue weighted by Crippen LogP contribution is -2.19. The van der Waals surface area contributed by atoms with Gasteiger partial charge in [-0.2, -0.15) is 0 Å². The van der Waals surface area contributed by atoms with Crippen LogP contribution in [0.3, 0.4) is 0 Å². The van der Waals surface area contributed by atoms with Gasteiger partial charge in [0.1, 0.15) is 5.82 Å². The van der Waals surface area contributed by atoms with Crippen molar-refractivity contribution >= 4 is 35.0 Å². The van der Waals surface area contributed by atoms with Crippen molar-refractivity contribution in [3.63, 3.8) is 0 Å². The molecule has 1 aromatic heterocycles. The molecule has 0 atom stereocenters. The number of benzene rings is 2. The van der Waals surface area contributed by atoms with Gasteiger partial charge in [0.25, 0.3) is 5.91 Å². The Kier molecular flexibility index (Phi) is 5.62. The molecule has 1 heterocycles. The number of hydrogen-bond donors (Lipinski definition) is 3. The Morgan fingerprint density at radius 2 is 1.97 bits per heavy atom. The van der Waals surface area contributed by atoms with E-state index in [4.69, 9.17) is 0 Å². The summed E-state index contributed by atoms with van der Waals surface area (Å²) in [7, 11) is 0. The highest BCUT2D eigenvalue weighted by Gasteiger charge is 2.27. The zero-order valence-electron chi connectivity index (χ0n) is 15.9. The maximum atomic E-state index is 12.7. The quantitative estimate of drug-likeness (QED) is 0.515. The monoisotopic (exact) mass is 407 g/mol. The summed E-state index contributed by atoms with van der Waals surface area (Å²) < 4.78 is 0. The zero-order valence-corrected chi connectivity index (χ0v) is 16.8. The molecule has 0 radical (unpaired) electrons. The summed E-state index contributed by atoms with van der Waals surface area (Å²) in [6, 6.07) is 14.5. The van der Waals surface area contributed by atoms with Crippen LogP contribution in [0, 0.1) is 6.92 Å². The second-order valence-electron chi connectivity index (χ2n) is 6.98. The van der Waals surface area contributed by atoms with Crippen LogP contribution < -0.4 is 10.6 Å². The van der Waals surface area contributed by atoms with Crippen LogP contribution in [0.4, 0.5) is 11.4 Å². The van der Waals surface area contributed by atoms with E-state index in [1.54, 1.807) is 24.3 Å². The molecule has 8 heteroatoms. The number of aryl methyl sites for hydroxylation is 1. The van der Waals surface area contributed by atoms with E-state index in [1.165, 1.54) is 11.8 Å². The Balaban J connectivity index is 1.37. The molecule has 2 aromatic carbocycles. The zero-order chi connectivity index (χ0) is 20.2. The summed E-state index contributed by atoms with van der Waals surface area (Å²) in [4.78, 5) is 29.5. The predicted octanol–water partition coefficient (Wildman–Crippen LogP) is 3.97. The molecule has 1 aliphatic carbocycles. The van der Waals surface area contributed by atoms with Crippen molar-refractivity contribution in [3.05, 3.63) is 65.5 Å². The minimum atomic E-state index is -0.276. The van der Waals surface area contributed by atoms with E-state index >= 15 is 0 Å². The third kappa shape index (κ3) is 5.03. The van der Waals surface area contributed by atoms with E-state index in [9.17, 15) is 9.59 Å². The van der Waals surface area contributed by atoms with Gasteiger partial charge < -0.3 is 10.6 Å². The van der Waals surface area contributed by atoms with Crippen molar-refractivity contribution in [2.24, 2.45) is 0 Å². The van der Waals surface area contributed by atoms with Crippen LogP contribution in [0.1, 0.15) is 40.5 Å². The van der Waals surface area contributed by atoms with E-state index in [0.717, 1.165) is 24.2 Å². The van der Waals surface area contributed by atoms with E-state index in [1.807, 2.05) is 31.2 Å². The maximum absolute atomic E-state index is 12.7. The van der Waals surface area contributed by atoms with E-state index in [-0.39, 0.29) is 17.6 Å². The summed E-state index contributed by atoms with van der Waals surface area (Å²) in [6.45, 7) is 1.96. The second kappa shape index (κ2) is 8.48. The number of H-pyrrole nitrogens is 1. The Labute approximate surface area is 172 Å². The topological polar surface area (TPSA) is 99.8 Å². The first-order valence-corrected chi connectivity index (χ1v) is 10.4. The molecule has 4 rings (SSSR count). The average Bonchev–Trinajstić information content (AvgIpc) is 3.45. The van der Waals surface area contributed by atoms with E-state index in [2.05, 4.69) is 25.8 Å². The molecule has 1 saturated carbocycles. The highest BCUT2D eigenvalue weighted by atomic mass is 32.2. The number of hydrogen-bond acceptors (Lipinski definition) is 5. The largest absolute Gasteiger partial charge is 0.325 e. The molecular formula is C21H21N5O2S. The molecule has 7 nitrogen and oxygen atoms in total. The van der Waals surface area contributed by atoms with Crippen molar-refractivity contribution in [3.8, 4) is 0 Å². The smallest absolute Gasteiger partial charge is 0.257 e. The number of carbonyl (C=O) groups is 2. The second-order valence-corrected chi connectivity index (χ2v) is 7.93. The minimum absolute atomic E-state index is 0.162. The normalized spacial score (nSPS) is 13.1. The van der Waals surface area contributed by atoms with Crippen molar-refractivity contribution < 1.29 is 9.59 Å². The molecule has 1 aliphatic rings. The van der Waals surface area contributed by atoms with Gasteiger partial charge in [0.05, 0.1) is 17.0 Å². The fourth-order valence-corrected chi connectivity index (χ4v) is 3.50. The molecule has 3 N–H and O–H groups in total. The number of nitrogens with one attached hydrogen (secondary N) is 3. The van der Waals surface area contributed by atoms with Gasteiger partial charge in [-0.05, 0) is 49.6 Å². The average molecular weight is 407 g/mol. The van der Waals surface area contributed by atoms with Crippen LogP contribution >= 0.6 is 11.8 Å². The lowest BCUT2D eigenvalue weighted by Gasteiger charge is -2.11. The summed E-state index contributed by atoms with van der Waals surface area (Å²) in [6.07, 6.45) is 2.28. The lowest BCUT2D eigenvalue weighted by atomic mass is 10.1. The van der Waals surface area contributed by atoms with E-state index in [0.29, 0.717) is 28.0 Å². The Hall–Kier alpha value is -3.13. The van der Waals surface area contributed by atoms with Crippen molar-refractivity contribution in [2.45, 2.75) is 30.8 Å². The molecule has 0 saturated heterocycles. The molecule has 29 heavy (non-hydrogen) atoms. The van der Waals surface area contributed by atoms with Gasteiger partial charge >= 0.3 is 0 Å². The van der Waals surface area contributed by atoms with Crippen LogP contribution in [-0.2, 0) is 4.79 Å². The first-order chi connectivity index (χ1) is 14.1. The number of nitrogens with zero attached hydrogens (tertiary/aromatic N) is 2. The van der Waals surface area contributed by atoms with Crippen molar-refractivity contribution in [1.82, 2.24) is 15.2 Å². The molecule has 148 valence electrons. The highest BCUT2D eigenvalue weighted by molar-refractivity contribution is 7.99. The van der Waals surface area contributed by atoms with Crippen LogP contribution in [0.25, 0.3) is 0 Å². The van der Waals surface area contributed by atoms with E-state index < -0.39 is 0 Å². The molecule has 0 aliphatic heterocycles. The van der Waals surface area contributed by atoms with Crippen LogP contribution in [-0.4, -0.2) is 32.7 Å². The van der Waals surface area contributed by atoms with Gasteiger partial charge in [-0.15, -0.1) is 5.10 Å². The Bertz CT molecular complexity index is 1040. The van der Waals surface area contributed by atoms with Gasteiger partial charge in [-0.25, -0.2) is 4.98 Å². The number of carbonyl (C=O) groups excluding carboxylic acids is 2. The van der Waals surface area contributed by atoms with Crippen molar-refractivity contribution in [2.75, 3.05) is 16.4 Å². The number of amides is 2. The fraction of sp³-hybridized carbons (Fsp3) is 0.238. The third-order valence-electron chi connectivity index (χ3n) is 4.50. The summed E-state index contributed by atoms with van der Waals surface area (Å²) in [5.41, 5.74) is 2.64. The van der Waals surface area contributed by atoms with Gasteiger partial charge in [0.2, 0.25) is 11.1 Å². The first-order valence-electron chi connectivity index (χ1n) is 9.40. The van der Waals surface area contributed by atoms with Gasteiger partial charge in [0.15, 0.2) is 0 Å². The Morgan fingerprint density at radius 1 is 1.14 bits per heavy atom. The number of anilines is 2. The van der Waals surface area contributed by atoms with Crippen molar-refractivity contribution in [1.29, 1.82) is 0 Å². The van der Waals surface area contributed by atoms with Gasteiger partial charge in [0, 0.05) is 11.6 Å². The van der Waals surface area contributed by atoms with Crippen LogP contribution in [0.2, 0.25) is 0 Å². The number of para-hydroxylation sites is 1. The lowest BCUT2D eigenvalue weighted by molar-refractivity contribution is -0.113. The van der Waals surface area contributed by atoms with Gasteiger partial charge in [-0.3, -0.25) is 14.7 Å². The fourth-order valence-electron chi connectivity index (χ4n) is 2.89. The number of rotatable bonds is 7. The molecule has 0 unspecified atom stereocenters. The Morgan fingerprint density at radius 3 is 2.76 bits per heavy atom. The SMILES string of the molecule is Cc1cccc(NC(=O)c2ccccc2NC(=O)CSc2n[nH]c(C3CC3)n2)c1. The van der Waals surface area contributed by atoms with Crippen LogP contribution in [0.15, 0.2) is 53.7 Å². The molecule has 0 spiro atoms. The number of aromatic nitrogens is 3. The number of aromatic amines is 1. The van der Waals surface area contributed by atoms with Crippen LogP contribution in [0.5, 0.6) is 0 Å². The molecule has 2 amide bonds. The standard InChI is InChI=1S/C21H21N5O2S/c1-13-5-4-6-15(11-13)22-20(28)16-7-2-3-8-17(16)23-18(27)12-29-21-24-19(25-26-21)14-9-10-14/h2-8,11,14H,9-10,12H2,1H3,(H,22,28)(H,23,27)(H,24,25,26). The van der Waals surface area contributed by atoms with Gasteiger partial charge in [-0.1, -0.05) is 36.0 Å². The summed E-state index contributed by atoms with van der Waals surface area (Å²) in [5, 5.41) is 13.3. The molecule has 0 bridgehead atoms. The maximum Gasteiger partial charge on any atom is 0.257 e. The summed E-state index contributed by atoms with van der Waals surface area (Å²) >= 11 is 1.27.